The maximum atomic E-state index is 15.1. The summed E-state index contributed by atoms with van der Waals surface area (Å²) in [4.78, 5) is 166. The molecule has 1 rings (SSSR count). The maximum absolute atomic E-state index is 15.1. The van der Waals surface area contributed by atoms with E-state index in [-0.39, 0.29) is 68.1 Å². The van der Waals surface area contributed by atoms with E-state index in [1.54, 1.807) is 39.8 Å². The molecule has 7 N–H and O–H groups in total. The van der Waals surface area contributed by atoms with Crippen LogP contribution in [0.4, 0.5) is 0 Å². The first-order valence-corrected chi connectivity index (χ1v) is 30.7. The minimum Gasteiger partial charge on any atom is -0.391 e. The second-order valence-corrected chi connectivity index (χ2v) is 26.4. The van der Waals surface area contributed by atoms with Crippen molar-refractivity contribution < 1.29 is 63.0 Å². The minimum absolute atomic E-state index is 0.0945. The molecule has 11 amide bonds. The molecule has 0 radical (unpaired) electrons. The molecule has 1 aliphatic rings. The molecule has 0 spiro atoms. The van der Waals surface area contributed by atoms with Crippen LogP contribution in [0.25, 0.3) is 0 Å². The third-order valence-corrected chi connectivity index (χ3v) is 15.7. The minimum atomic E-state index is -1.74. The number of hydrogen-bond donors (Lipinski definition) is 7. The molecule has 0 aromatic carbocycles. The van der Waals surface area contributed by atoms with Gasteiger partial charge in [0.05, 0.1) is 18.8 Å². The van der Waals surface area contributed by atoms with Crippen LogP contribution in [0, 0.1) is 41.4 Å². The van der Waals surface area contributed by atoms with Crippen molar-refractivity contribution >= 4 is 65.0 Å². The molecule has 0 aromatic heterocycles. The predicted octanol–water partition coefficient (Wildman–Crippen LogP) is 2.29. The number of likely N-dealkylation sites (N-methyl/N-ethyl adjacent to an activating group) is 6. The van der Waals surface area contributed by atoms with E-state index in [9.17, 15) is 58.2 Å². The van der Waals surface area contributed by atoms with Crippen LogP contribution in [-0.2, 0) is 52.7 Å². The van der Waals surface area contributed by atoms with Crippen molar-refractivity contribution in [3.63, 3.8) is 0 Å². The van der Waals surface area contributed by atoms with Crippen molar-refractivity contribution in [1.29, 1.82) is 0 Å². The Morgan fingerprint density at radius 2 is 0.826 bits per heavy atom. The lowest BCUT2D eigenvalue weighted by Crippen LogP contribution is -2.64. The second kappa shape index (κ2) is 35.6. The van der Waals surface area contributed by atoms with Gasteiger partial charge in [-0.15, -0.1) is 0 Å². The summed E-state index contributed by atoms with van der Waals surface area (Å²) >= 11 is 0. The van der Waals surface area contributed by atoms with E-state index >= 15 is 4.79 Å². The van der Waals surface area contributed by atoms with Crippen LogP contribution in [-0.4, -0.2) is 226 Å². The molecule has 492 valence electrons. The number of allylic oxidation sites excluding steroid dienone is 2. The van der Waals surface area contributed by atoms with Gasteiger partial charge >= 0.3 is 0 Å². The average molecular weight is 1220 g/mol. The maximum Gasteiger partial charge on any atom is 0.248 e. The van der Waals surface area contributed by atoms with Crippen LogP contribution in [0.1, 0.15) is 156 Å². The molecule has 1 fully saturated rings. The van der Waals surface area contributed by atoms with Gasteiger partial charge in [-0.25, -0.2) is 0 Å². The van der Waals surface area contributed by atoms with Crippen LogP contribution in [0.15, 0.2) is 12.2 Å². The summed E-state index contributed by atoms with van der Waals surface area (Å²) < 4.78 is 0. The number of amides is 11. The van der Waals surface area contributed by atoms with E-state index in [1.165, 1.54) is 77.8 Å². The van der Waals surface area contributed by atoms with Gasteiger partial charge in [0, 0.05) is 42.3 Å². The number of aliphatic hydroxyl groups is 2. The first-order chi connectivity index (χ1) is 39.6. The molecule has 0 saturated carbocycles. The summed E-state index contributed by atoms with van der Waals surface area (Å²) in [6.45, 7) is 28.7. The molecule has 13 atom stereocenters. The number of aliphatic hydroxyl groups excluding tert-OH is 2. The fourth-order valence-corrected chi connectivity index (χ4v) is 10.6. The monoisotopic (exact) mass is 1220 g/mol. The summed E-state index contributed by atoms with van der Waals surface area (Å²) in [5.41, 5.74) is 0. The molecular formula is C62H111N11O13. The lowest BCUT2D eigenvalue weighted by Gasteiger charge is -2.40. The summed E-state index contributed by atoms with van der Waals surface area (Å²) in [5, 5.41) is 36.8. The van der Waals surface area contributed by atoms with Crippen LogP contribution < -0.4 is 26.6 Å². The Morgan fingerprint density at radius 1 is 0.442 bits per heavy atom. The molecule has 86 heavy (non-hydrogen) atoms. The quantitative estimate of drug-likeness (QED) is 0.109. The van der Waals surface area contributed by atoms with Gasteiger partial charge in [0.1, 0.15) is 60.4 Å². The highest BCUT2D eigenvalue weighted by atomic mass is 16.3. The lowest BCUT2D eigenvalue weighted by atomic mass is 9.91. The number of hydrogen-bond acceptors (Lipinski definition) is 13. The van der Waals surface area contributed by atoms with Gasteiger partial charge in [-0.05, 0) is 108 Å². The molecule has 1 heterocycles. The molecule has 24 nitrogen and oxygen atoms in total. The van der Waals surface area contributed by atoms with E-state index in [1.807, 2.05) is 69.2 Å². The molecular weight excluding hydrogens is 1110 g/mol. The van der Waals surface area contributed by atoms with Crippen LogP contribution in [0.2, 0.25) is 0 Å². The Bertz CT molecular complexity index is 2340. The molecule has 24 heteroatoms. The number of carbonyl (C=O) groups excluding carboxylic acids is 11. The third kappa shape index (κ3) is 22.8. The molecule has 1 saturated heterocycles. The fraction of sp³-hybridized carbons (Fsp3) is 0.790. The summed E-state index contributed by atoms with van der Waals surface area (Å²) in [5.74, 6) is -10.4. The van der Waals surface area contributed by atoms with Gasteiger partial charge in [0.2, 0.25) is 65.0 Å². The van der Waals surface area contributed by atoms with Crippen molar-refractivity contribution in [3.8, 4) is 0 Å². The van der Waals surface area contributed by atoms with Crippen molar-refractivity contribution in [1.82, 2.24) is 56.0 Å². The first-order valence-electron chi connectivity index (χ1n) is 30.7. The van der Waals surface area contributed by atoms with Crippen molar-refractivity contribution in [2.24, 2.45) is 41.4 Å². The predicted molar refractivity (Wildman–Crippen MR) is 330 cm³/mol. The highest BCUT2D eigenvalue weighted by molar-refractivity contribution is 5.99. The fourth-order valence-electron chi connectivity index (χ4n) is 10.6. The highest BCUT2D eigenvalue weighted by Gasteiger charge is 2.45. The van der Waals surface area contributed by atoms with E-state index in [0.29, 0.717) is 0 Å². The van der Waals surface area contributed by atoms with Gasteiger partial charge in [-0.1, -0.05) is 102 Å². The molecule has 0 unspecified atom stereocenters. The normalized spacial score (nSPS) is 27.0. The summed E-state index contributed by atoms with van der Waals surface area (Å²) in [6, 6.07) is -13.2. The highest BCUT2D eigenvalue weighted by Crippen LogP contribution is 2.24. The number of nitrogens with zero attached hydrogens (tertiary/aromatic N) is 6. The standard InChI is InChI=1S/C62H111N11O13/c1-24-25-26-39(14)52(76)51-57(81)67-49(42(17)74)61(85)68(18)32-48(75)69(19)45(29-35(6)7)55(79)65-43(27-33(2)3)59(83)71(21)46(30-36(8)9)54(78)63-40(15)53(77)64-41(16)58(82)70(20)47(31-37(10)11)56(80)66-44(28-34(4)5)60(84)72(22)50(38(12)13)62(86)73(51)23/h24-25,33-47,49-52,74,76H,26-32H2,1-23H3,(H,63,78)(H,64,77)(H,65,79)(H,66,80)(H,67,81)/b25-24+/t39-,40+,41-,42-,43+,44+,45+,46+,47+,49+,50+,51+,52-/m1/s1. The smallest absolute Gasteiger partial charge is 0.248 e. The Balaban J connectivity index is 4.33. The van der Waals surface area contributed by atoms with Crippen molar-refractivity contribution in [2.45, 2.75) is 229 Å². The number of nitrogens with one attached hydrogen (secondary N) is 5. The Kier molecular flexibility index (Phi) is 32.2. The van der Waals surface area contributed by atoms with Gasteiger partial charge in [0.15, 0.2) is 0 Å². The Labute approximate surface area is 513 Å². The average Bonchev–Trinajstić information content (AvgIpc) is 2.17. The van der Waals surface area contributed by atoms with E-state index < -0.39 is 156 Å². The zero-order valence-corrected chi connectivity index (χ0v) is 56.1. The lowest BCUT2D eigenvalue weighted by molar-refractivity contribution is -0.155. The zero-order chi connectivity index (χ0) is 66.7. The van der Waals surface area contributed by atoms with Gasteiger partial charge in [0.25, 0.3) is 0 Å². The van der Waals surface area contributed by atoms with Gasteiger partial charge in [-0.3, -0.25) is 52.7 Å². The number of rotatable bonds is 16. The Morgan fingerprint density at radius 3 is 1.23 bits per heavy atom. The molecule has 0 aliphatic carbocycles. The largest absolute Gasteiger partial charge is 0.391 e. The second-order valence-electron chi connectivity index (χ2n) is 26.4. The van der Waals surface area contributed by atoms with E-state index in [4.69, 9.17) is 0 Å². The topological polar surface area (TPSA) is 308 Å². The SMILES string of the molecule is C/C=C/C[C@@H](C)[C@@H](O)[C@H]1C(=O)N[C@@H]([C@@H](C)O)C(=O)N(C)CC(=O)N(C)[C@@H](CC(C)C)C(=O)N[C@@H](CC(C)C)C(=O)N(C)[C@@H](CC(C)C)C(=O)N[C@@H](C)C(=O)N[C@H](C)C(=O)N(C)[C@@H](CC(C)C)C(=O)N[C@@H](CC(C)C)C(=O)N(C)[C@@H](C(C)C)C(=O)N1C. The van der Waals surface area contributed by atoms with Crippen LogP contribution in [0.5, 0.6) is 0 Å². The van der Waals surface area contributed by atoms with Crippen LogP contribution >= 0.6 is 0 Å². The first kappa shape index (κ1) is 77.8. The zero-order valence-electron chi connectivity index (χ0n) is 56.1. The van der Waals surface area contributed by atoms with Crippen molar-refractivity contribution in [3.05, 3.63) is 12.2 Å². The molecule has 0 aromatic rings. The van der Waals surface area contributed by atoms with E-state index in [2.05, 4.69) is 26.6 Å². The van der Waals surface area contributed by atoms with E-state index in [0.717, 1.165) is 14.7 Å². The van der Waals surface area contributed by atoms with Crippen LogP contribution in [0.3, 0.4) is 0 Å². The van der Waals surface area contributed by atoms with Gasteiger partial charge < -0.3 is 66.2 Å². The molecule has 1 aliphatic heterocycles. The molecule has 0 bridgehead atoms. The number of carbonyl (C=O) groups is 11. The summed E-state index contributed by atoms with van der Waals surface area (Å²) in [7, 11) is 8.15. The van der Waals surface area contributed by atoms with Crippen molar-refractivity contribution in [2.75, 3.05) is 48.8 Å². The van der Waals surface area contributed by atoms with Gasteiger partial charge in [-0.2, -0.15) is 0 Å². The Hall–Kier alpha value is -6.17. The third-order valence-electron chi connectivity index (χ3n) is 15.7. The summed E-state index contributed by atoms with van der Waals surface area (Å²) in [6.07, 6.45) is 1.20.